The molecule has 2 N–H and O–H groups in total. The smallest absolute Gasteiger partial charge is 0.423 e. The third-order valence-electron chi connectivity index (χ3n) is 1.68. The quantitative estimate of drug-likeness (QED) is 0.545. The van der Waals surface area contributed by atoms with Crippen LogP contribution in [0, 0.1) is 11.6 Å². The maximum absolute atomic E-state index is 13.0. The second kappa shape index (κ2) is 3.78. The Hall–Kier alpha value is -1.15. The van der Waals surface area contributed by atoms with E-state index in [4.69, 9.17) is 10.0 Å². The van der Waals surface area contributed by atoms with E-state index in [1.807, 2.05) is 0 Å². The Labute approximate surface area is 81.1 Å². The van der Waals surface area contributed by atoms with Gasteiger partial charge in [0.1, 0.15) is 17.2 Å². The molecule has 0 spiro atoms. The van der Waals surface area contributed by atoms with Crippen molar-refractivity contribution in [3.05, 3.63) is 29.3 Å². The molecule has 2 nitrogen and oxygen atoms in total. The number of hydrogen-bond acceptors (Lipinski definition) is 2. The molecule has 0 unspecified atom stereocenters. The summed E-state index contributed by atoms with van der Waals surface area (Å²) in [5.41, 5.74) is -3.16. The summed E-state index contributed by atoms with van der Waals surface area (Å²) < 4.78 is 62.0. The molecule has 0 fully saturated rings. The summed E-state index contributed by atoms with van der Waals surface area (Å²) >= 11 is 0. The number of rotatable bonds is 1. The van der Waals surface area contributed by atoms with Gasteiger partial charge in [0.05, 0.1) is 0 Å². The van der Waals surface area contributed by atoms with Gasteiger partial charge < -0.3 is 10.0 Å². The van der Waals surface area contributed by atoms with E-state index in [0.717, 1.165) is 0 Å². The summed E-state index contributed by atoms with van der Waals surface area (Å²) in [5.74, 6) is -3.82. The fourth-order valence-electron chi connectivity index (χ4n) is 1.03. The Kier molecular flexibility index (Phi) is 3.01. The van der Waals surface area contributed by atoms with Crippen molar-refractivity contribution in [2.45, 2.75) is 6.18 Å². The molecule has 1 aromatic carbocycles. The normalized spacial score (nSPS) is 11.7. The van der Waals surface area contributed by atoms with Crippen molar-refractivity contribution in [2.24, 2.45) is 0 Å². The maximum Gasteiger partial charge on any atom is 0.491 e. The van der Waals surface area contributed by atoms with Crippen LogP contribution in [0.5, 0.6) is 0 Å². The number of hydrogen-bond donors (Lipinski definition) is 2. The summed E-state index contributed by atoms with van der Waals surface area (Å²) in [6.07, 6.45) is -5.22. The van der Waals surface area contributed by atoms with Crippen molar-refractivity contribution < 1.29 is 32.0 Å². The Balaban J connectivity index is 3.44. The van der Waals surface area contributed by atoms with E-state index in [1.54, 1.807) is 0 Å². The van der Waals surface area contributed by atoms with Crippen LogP contribution < -0.4 is 5.46 Å². The lowest BCUT2D eigenvalue weighted by Gasteiger charge is -2.11. The van der Waals surface area contributed by atoms with Gasteiger partial charge in [-0.2, -0.15) is 13.2 Å². The van der Waals surface area contributed by atoms with Gasteiger partial charge >= 0.3 is 13.3 Å². The monoisotopic (exact) mass is 226 g/mol. The van der Waals surface area contributed by atoms with Crippen LogP contribution in [0.3, 0.4) is 0 Å². The van der Waals surface area contributed by atoms with Crippen LogP contribution in [0.1, 0.15) is 5.56 Å². The second-order valence-electron chi connectivity index (χ2n) is 2.70. The summed E-state index contributed by atoms with van der Waals surface area (Å²) in [4.78, 5) is 0. The third kappa shape index (κ3) is 2.27. The highest BCUT2D eigenvalue weighted by Crippen LogP contribution is 2.32. The van der Waals surface area contributed by atoms with Crippen LogP contribution in [0.2, 0.25) is 0 Å². The van der Waals surface area contributed by atoms with Crippen molar-refractivity contribution in [1.29, 1.82) is 0 Å². The average Bonchev–Trinajstić information content (AvgIpc) is 2.00. The molecule has 15 heavy (non-hydrogen) atoms. The van der Waals surface area contributed by atoms with E-state index in [-0.39, 0.29) is 0 Å². The fraction of sp³-hybridized carbons (Fsp3) is 0.143. The van der Waals surface area contributed by atoms with Crippen LogP contribution in [-0.4, -0.2) is 17.2 Å². The van der Waals surface area contributed by atoms with Gasteiger partial charge in [0, 0.05) is 5.46 Å². The van der Waals surface area contributed by atoms with Crippen LogP contribution in [0.25, 0.3) is 0 Å². The first-order chi connectivity index (χ1) is 6.75. The number of halogens is 5. The van der Waals surface area contributed by atoms with Crippen molar-refractivity contribution in [2.75, 3.05) is 0 Å². The zero-order valence-corrected chi connectivity index (χ0v) is 7.02. The molecule has 0 bridgehead atoms. The van der Waals surface area contributed by atoms with E-state index >= 15 is 0 Å². The van der Waals surface area contributed by atoms with Crippen LogP contribution in [0.4, 0.5) is 22.0 Å². The minimum absolute atomic E-state index is 0.320. The molecule has 82 valence electrons. The summed E-state index contributed by atoms with van der Waals surface area (Å²) in [6.45, 7) is 0. The van der Waals surface area contributed by atoms with Gasteiger partial charge in [-0.05, 0) is 6.07 Å². The van der Waals surface area contributed by atoms with Crippen molar-refractivity contribution in [3.63, 3.8) is 0 Å². The molecular formula is C7H4BF5O2. The molecule has 0 atom stereocenters. The van der Waals surface area contributed by atoms with Gasteiger partial charge in [-0.25, -0.2) is 8.78 Å². The largest absolute Gasteiger partial charge is 0.491 e. The van der Waals surface area contributed by atoms with Crippen molar-refractivity contribution in [3.8, 4) is 0 Å². The van der Waals surface area contributed by atoms with Crippen molar-refractivity contribution >= 4 is 12.6 Å². The minimum atomic E-state index is -5.22. The molecule has 8 heteroatoms. The van der Waals surface area contributed by atoms with Crippen LogP contribution in [0.15, 0.2) is 12.1 Å². The lowest BCUT2D eigenvalue weighted by Crippen LogP contribution is -2.35. The van der Waals surface area contributed by atoms with E-state index in [2.05, 4.69) is 0 Å². The van der Waals surface area contributed by atoms with Gasteiger partial charge in [0.25, 0.3) is 0 Å². The SMILES string of the molecule is OB(O)c1ccc(F)c(C(F)(F)F)c1F. The molecular weight excluding hydrogens is 222 g/mol. The van der Waals surface area contributed by atoms with Crippen molar-refractivity contribution in [1.82, 2.24) is 0 Å². The maximum atomic E-state index is 13.0. The molecule has 0 saturated heterocycles. The Morgan fingerprint density at radius 1 is 1.07 bits per heavy atom. The first-order valence-corrected chi connectivity index (χ1v) is 3.66. The van der Waals surface area contributed by atoms with Gasteiger partial charge in [-0.3, -0.25) is 0 Å². The second-order valence-corrected chi connectivity index (χ2v) is 2.70. The minimum Gasteiger partial charge on any atom is -0.423 e. The number of benzene rings is 1. The molecule has 0 radical (unpaired) electrons. The molecule has 0 saturated carbocycles. The summed E-state index contributed by atoms with van der Waals surface area (Å²) in [5, 5.41) is 17.0. The highest BCUT2D eigenvalue weighted by atomic mass is 19.4. The Morgan fingerprint density at radius 2 is 1.60 bits per heavy atom. The highest BCUT2D eigenvalue weighted by Gasteiger charge is 2.39. The zero-order chi connectivity index (χ0) is 11.8. The Morgan fingerprint density at radius 3 is 2.00 bits per heavy atom. The average molecular weight is 226 g/mol. The molecule has 1 aromatic rings. The lowest BCUT2D eigenvalue weighted by atomic mass is 9.79. The molecule has 0 heterocycles. The molecule has 0 amide bonds. The summed E-state index contributed by atoms with van der Waals surface area (Å²) in [7, 11) is -2.42. The van der Waals surface area contributed by atoms with Gasteiger partial charge in [-0.15, -0.1) is 0 Å². The lowest BCUT2D eigenvalue weighted by molar-refractivity contribution is -0.142. The first-order valence-electron chi connectivity index (χ1n) is 3.66. The van der Waals surface area contributed by atoms with Gasteiger partial charge in [-0.1, -0.05) is 6.07 Å². The molecule has 0 aliphatic carbocycles. The predicted molar refractivity (Wildman–Crippen MR) is 41.2 cm³/mol. The standard InChI is InChI=1S/C7H4BF5O2/c9-4-2-1-3(8(14)15)6(10)5(4)7(11,12)13/h1-2,14-15H. The third-order valence-corrected chi connectivity index (χ3v) is 1.68. The van der Waals surface area contributed by atoms with Gasteiger partial charge in [0.15, 0.2) is 0 Å². The number of alkyl halides is 3. The molecule has 1 rings (SSSR count). The van der Waals surface area contributed by atoms with Crippen LogP contribution in [-0.2, 0) is 6.18 Å². The predicted octanol–water partition coefficient (Wildman–Crippen LogP) is 0.663. The van der Waals surface area contributed by atoms with E-state index in [9.17, 15) is 22.0 Å². The zero-order valence-electron chi connectivity index (χ0n) is 7.02. The molecule has 0 aliphatic heterocycles. The fourth-order valence-corrected chi connectivity index (χ4v) is 1.03. The topological polar surface area (TPSA) is 40.5 Å². The molecule has 0 aliphatic rings. The van der Waals surface area contributed by atoms with Gasteiger partial charge in [0.2, 0.25) is 0 Å². The van der Waals surface area contributed by atoms with Crippen LogP contribution >= 0.6 is 0 Å². The van der Waals surface area contributed by atoms with E-state index in [1.165, 1.54) is 0 Å². The van der Waals surface area contributed by atoms with E-state index in [0.29, 0.717) is 12.1 Å². The highest BCUT2D eigenvalue weighted by molar-refractivity contribution is 6.58. The van der Waals surface area contributed by atoms with E-state index < -0.39 is 36.0 Å². The Bertz CT molecular complexity index is 376. The summed E-state index contributed by atoms with van der Waals surface area (Å²) in [6, 6.07) is 0.852. The first kappa shape index (κ1) is 11.9. The molecule has 0 aromatic heterocycles.